The summed E-state index contributed by atoms with van der Waals surface area (Å²) < 4.78 is 0. The number of nitrogens with two attached hydrogens (primary N) is 1. The molecule has 0 fully saturated rings. The average Bonchev–Trinajstić information content (AvgIpc) is 1.99. The van der Waals surface area contributed by atoms with E-state index in [1.807, 2.05) is 0 Å². The zero-order valence-corrected chi connectivity index (χ0v) is 6.88. The second kappa shape index (κ2) is 2.96. The van der Waals surface area contributed by atoms with Gasteiger partial charge in [-0.25, -0.2) is 0 Å². The van der Waals surface area contributed by atoms with E-state index in [1.165, 1.54) is 0 Å². The highest BCUT2D eigenvalue weighted by atomic mass is 35.5. The van der Waals surface area contributed by atoms with E-state index in [1.54, 1.807) is 24.1 Å². The van der Waals surface area contributed by atoms with Crippen molar-refractivity contribution in [3.8, 4) is 0 Å². The van der Waals surface area contributed by atoms with Crippen LogP contribution < -0.4 is 5.73 Å². The largest absolute Gasteiger partial charge is 0.400 e. The first-order chi connectivity index (χ1) is 5.16. The van der Waals surface area contributed by atoms with Crippen molar-refractivity contribution in [1.82, 2.24) is 4.90 Å². The summed E-state index contributed by atoms with van der Waals surface area (Å²) in [5, 5.41) is 0.524. The van der Waals surface area contributed by atoms with Crippen LogP contribution in [0.1, 0.15) is 0 Å². The van der Waals surface area contributed by atoms with Crippen LogP contribution in [0.5, 0.6) is 0 Å². The summed E-state index contributed by atoms with van der Waals surface area (Å²) in [5.74, 6) is 0. The van der Waals surface area contributed by atoms with Crippen LogP contribution in [-0.4, -0.2) is 24.3 Å². The van der Waals surface area contributed by atoms with Crippen LogP contribution in [0, 0.1) is 0 Å². The molecule has 4 heteroatoms. The predicted octanol–water partition coefficient (Wildman–Crippen LogP) is 0.422. The van der Waals surface area contributed by atoms with Gasteiger partial charge in [-0.15, -0.1) is 0 Å². The minimum absolute atomic E-state index is 0.410. The maximum Gasteiger partial charge on any atom is 0.148 e. The molecule has 0 saturated heterocycles. The molecule has 0 aliphatic carbocycles. The van der Waals surface area contributed by atoms with E-state index in [-0.39, 0.29) is 0 Å². The third-order valence-electron chi connectivity index (χ3n) is 1.64. The van der Waals surface area contributed by atoms with Crippen LogP contribution in [-0.2, 0) is 4.79 Å². The Morgan fingerprint density at radius 2 is 2.36 bits per heavy atom. The van der Waals surface area contributed by atoms with Gasteiger partial charge in [0.15, 0.2) is 0 Å². The fourth-order valence-corrected chi connectivity index (χ4v) is 1.08. The lowest BCUT2D eigenvalue weighted by molar-refractivity contribution is -0.110. The molecule has 1 atom stereocenters. The first-order valence-corrected chi connectivity index (χ1v) is 3.55. The zero-order chi connectivity index (χ0) is 8.43. The number of carbonyl (C=O) groups is 1. The highest BCUT2D eigenvalue weighted by Gasteiger charge is 2.20. The van der Waals surface area contributed by atoms with Gasteiger partial charge in [-0.05, 0) is 12.2 Å². The van der Waals surface area contributed by atoms with Crippen molar-refractivity contribution in [3.63, 3.8) is 0 Å². The summed E-state index contributed by atoms with van der Waals surface area (Å²) >= 11 is 5.73. The molecule has 2 N–H and O–H groups in total. The van der Waals surface area contributed by atoms with Gasteiger partial charge >= 0.3 is 0 Å². The van der Waals surface area contributed by atoms with Crippen LogP contribution in [0.15, 0.2) is 23.0 Å². The van der Waals surface area contributed by atoms with Crippen LogP contribution >= 0.6 is 11.6 Å². The first-order valence-electron chi connectivity index (χ1n) is 3.18. The van der Waals surface area contributed by atoms with E-state index >= 15 is 0 Å². The van der Waals surface area contributed by atoms with Crippen molar-refractivity contribution in [2.45, 2.75) is 6.04 Å². The van der Waals surface area contributed by atoms with Gasteiger partial charge in [0.1, 0.15) is 17.5 Å². The Morgan fingerprint density at radius 3 is 2.82 bits per heavy atom. The molecule has 0 aromatic carbocycles. The van der Waals surface area contributed by atoms with Crippen LogP contribution in [0.3, 0.4) is 0 Å². The summed E-state index contributed by atoms with van der Waals surface area (Å²) in [7, 11) is 1.72. The Hall–Kier alpha value is -0.960. The molecule has 60 valence electrons. The van der Waals surface area contributed by atoms with Gasteiger partial charge in [-0.1, -0.05) is 11.6 Å². The summed E-state index contributed by atoms with van der Waals surface area (Å²) in [6.07, 6.45) is 4.07. The maximum atomic E-state index is 10.5. The van der Waals surface area contributed by atoms with Gasteiger partial charge in [0.05, 0.1) is 0 Å². The number of aldehydes is 1. The van der Waals surface area contributed by atoms with Crippen molar-refractivity contribution in [2.75, 3.05) is 7.05 Å². The van der Waals surface area contributed by atoms with E-state index in [9.17, 15) is 4.79 Å². The van der Waals surface area contributed by atoms with Gasteiger partial charge < -0.3 is 15.4 Å². The third kappa shape index (κ3) is 1.38. The lowest BCUT2D eigenvalue weighted by atomic mass is 10.1. The fourth-order valence-electron chi connectivity index (χ4n) is 0.907. The zero-order valence-electron chi connectivity index (χ0n) is 6.12. The molecule has 1 aliphatic rings. The normalized spacial score (nSPS) is 24.2. The van der Waals surface area contributed by atoms with E-state index < -0.39 is 6.04 Å². The smallest absolute Gasteiger partial charge is 0.148 e. The number of carbonyl (C=O) groups excluding carboxylic acids is 1. The van der Waals surface area contributed by atoms with Gasteiger partial charge in [-0.2, -0.15) is 0 Å². The molecule has 1 heterocycles. The summed E-state index contributed by atoms with van der Waals surface area (Å²) in [6, 6.07) is -0.410. The molecule has 0 bridgehead atoms. The minimum atomic E-state index is -0.410. The quantitative estimate of drug-likeness (QED) is 0.461. The van der Waals surface area contributed by atoms with Gasteiger partial charge in [0.2, 0.25) is 0 Å². The summed E-state index contributed by atoms with van der Waals surface area (Å²) in [4.78, 5) is 12.1. The second-order valence-corrected chi connectivity index (χ2v) is 2.74. The number of hydrogen-bond donors (Lipinski definition) is 1. The van der Waals surface area contributed by atoms with Crippen molar-refractivity contribution in [1.29, 1.82) is 0 Å². The lowest BCUT2D eigenvalue weighted by Gasteiger charge is -2.27. The highest BCUT2D eigenvalue weighted by molar-refractivity contribution is 6.29. The Bertz CT molecular complexity index is 235. The molecule has 11 heavy (non-hydrogen) atoms. The van der Waals surface area contributed by atoms with Crippen molar-refractivity contribution in [2.24, 2.45) is 5.73 Å². The molecule has 1 aliphatic heterocycles. The molecule has 1 rings (SSSR count). The standard InChI is InChI=1S/C7H9ClN2O/c1-10-6(4-11)5(9)2-3-7(10)8/h2-4,6H,9H2,1H3. The number of halogens is 1. The Morgan fingerprint density at radius 1 is 1.73 bits per heavy atom. The molecule has 3 nitrogen and oxygen atoms in total. The van der Waals surface area contributed by atoms with Crippen molar-refractivity contribution in [3.05, 3.63) is 23.0 Å². The second-order valence-electron chi connectivity index (χ2n) is 2.35. The van der Waals surface area contributed by atoms with Gasteiger partial charge in [0, 0.05) is 12.7 Å². The lowest BCUT2D eigenvalue weighted by Crippen LogP contribution is -2.37. The number of likely N-dealkylation sites (N-methyl/N-ethyl adjacent to an activating group) is 1. The van der Waals surface area contributed by atoms with Crippen LogP contribution in [0.4, 0.5) is 0 Å². The Kier molecular flexibility index (Phi) is 2.19. The predicted molar refractivity (Wildman–Crippen MR) is 43.8 cm³/mol. The van der Waals surface area contributed by atoms with E-state index in [2.05, 4.69) is 0 Å². The number of nitrogens with zero attached hydrogens (tertiary/aromatic N) is 1. The Labute approximate surface area is 70.1 Å². The highest BCUT2D eigenvalue weighted by Crippen LogP contribution is 2.18. The molecular weight excluding hydrogens is 164 g/mol. The molecule has 0 spiro atoms. The van der Waals surface area contributed by atoms with Gasteiger partial charge in [0.25, 0.3) is 0 Å². The average molecular weight is 173 g/mol. The minimum Gasteiger partial charge on any atom is -0.400 e. The van der Waals surface area contributed by atoms with Gasteiger partial charge in [-0.3, -0.25) is 0 Å². The molecule has 1 unspecified atom stereocenters. The monoisotopic (exact) mass is 172 g/mol. The summed E-state index contributed by atoms with van der Waals surface area (Å²) in [6.45, 7) is 0. The van der Waals surface area contributed by atoms with Crippen LogP contribution in [0.2, 0.25) is 0 Å². The molecular formula is C7H9ClN2O. The number of allylic oxidation sites excluding steroid dienone is 2. The Balaban J connectivity index is 2.92. The first kappa shape index (κ1) is 8.14. The molecule has 0 amide bonds. The summed E-state index contributed by atoms with van der Waals surface area (Å²) in [5.41, 5.74) is 6.05. The van der Waals surface area contributed by atoms with E-state index in [0.29, 0.717) is 10.9 Å². The molecule has 0 saturated carbocycles. The maximum absolute atomic E-state index is 10.5. The van der Waals surface area contributed by atoms with Crippen LogP contribution in [0.25, 0.3) is 0 Å². The molecule has 0 radical (unpaired) electrons. The molecule has 0 aromatic heterocycles. The fraction of sp³-hybridized carbons (Fsp3) is 0.286. The topological polar surface area (TPSA) is 46.3 Å². The number of rotatable bonds is 1. The van der Waals surface area contributed by atoms with Crippen molar-refractivity contribution >= 4 is 17.9 Å². The number of hydrogen-bond acceptors (Lipinski definition) is 3. The van der Waals surface area contributed by atoms with E-state index in [4.69, 9.17) is 17.3 Å². The van der Waals surface area contributed by atoms with Crippen molar-refractivity contribution < 1.29 is 4.79 Å². The SMILES string of the molecule is CN1C(Cl)=CC=C(N)C1C=O. The molecule has 0 aromatic rings. The van der Waals surface area contributed by atoms with E-state index in [0.717, 1.165) is 6.29 Å². The third-order valence-corrected chi connectivity index (χ3v) is 2.03.